The minimum Gasteiger partial charge on any atom is -0.463 e. The number of allylic oxidation sites excluding steroid dienone is 2. The van der Waals surface area contributed by atoms with Gasteiger partial charge < -0.3 is 20.5 Å². The van der Waals surface area contributed by atoms with Crippen LogP contribution in [-0.2, 0) is 19.1 Å². The number of benzene rings is 2. The molecule has 2 unspecified atom stereocenters. The minimum absolute atomic E-state index is 0.00947. The predicted octanol–water partition coefficient (Wildman–Crippen LogP) is 5.14. The number of nitro benzene ring substituents is 1. The van der Waals surface area contributed by atoms with Gasteiger partial charge in [-0.2, -0.15) is 0 Å². The number of hydrogen-bond donors (Lipinski definition) is 2. The largest absolute Gasteiger partial charge is 0.463 e. The highest BCUT2D eigenvalue weighted by molar-refractivity contribution is 7.98. The molecule has 9 nitrogen and oxygen atoms in total. The highest BCUT2D eigenvalue weighted by Gasteiger charge is 2.39. The van der Waals surface area contributed by atoms with Gasteiger partial charge in [0.25, 0.3) is 5.69 Å². The molecule has 1 aliphatic rings. The van der Waals surface area contributed by atoms with Gasteiger partial charge in [0.2, 0.25) is 0 Å². The van der Waals surface area contributed by atoms with Crippen molar-refractivity contribution in [3.63, 3.8) is 0 Å². The van der Waals surface area contributed by atoms with E-state index in [-0.39, 0.29) is 18.9 Å². The summed E-state index contributed by atoms with van der Waals surface area (Å²) in [6.07, 6.45) is 2.79. The van der Waals surface area contributed by atoms with Gasteiger partial charge in [-0.1, -0.05) is 24.3 Å². The molecule has 0 aliphatic carbocycles. The van der Waals surface area contributed by atoms with Crippen LogP contribution < -0.4 is 11.1 Å². The van der Waals surface area contributed by atoms with Crippen molar-refractivity contribution in [2.45, 2.75) is 50.5 Å². The van der Waals surface area contributed by atoms with E-state index in [0.29, 0.717) is 35.4 Å². The van der Waals surface area contributed by atoms with Crippen LogP contribution in [0.3, 0.4) is 0 Å². The van der Waals surface area contributed by atoms with Gasteiger partial charge in [0.05, 0.1) is 35.2 Å². The smallest absolute Gasteiger partial charge is 0.336 e. The Hall–Kier alpha value is -3.63. The molecule has 3 rings (SSSR count). The molecule has 0 fully saturated rings. The third-order valence-corrected chi connectivity index (χ3v) is 7.03. The maximum atomic E-state index is 13.4. The summed E-state index contributed by atoms with van der Waals surface area (Å²) in [6, 6.07) is 13.4. The number of rotatable bonds is 11. The van der Waals surface area contributed by atoms with E-state index in [2.05, 4.69) is 5.32 Å². The number of nitro groups is 1. The zero-order valence-corrected chi connectivity index (χ0v) is 22.8. The number of hydrogen-bond acceptors (Lipinski definition) is 9. The molecule has 0 amide bonds. The average Bonchev–Trinajstić information content (AvgIpc) is 2.91. The molecule has 38 heavy (non-hydrogen) atoms. The number of esters is 2. The lowest BCUT2D eigenvalue weighted by atomic mass is 9.79. The van der Waals surface area contributed by atoms with E-state index in [4.69, 9.17) is 15.2 Å². The van der Waals surface area contributed by atoms with E-state index in [0.717, 1.165) is 16.0 Å². The van der Waals surface area contributed by atoms with Crippen LogP contribution in [0.1, 0.15) is 56.7 Å². The average molecular weight is 540 g/mol. The number of carbonyl (C=O) groups excluding carboxylic acids is 2. The molecular formula is C28H33N3O6S. The van der Waals surface area contributed by atoms with Crippen LogP contribution in [0.25, 0.3) is 0 Å². The van der Waals surface area contributed by atoms with Crippen molar-refractivity contribution in [2.24, 2.45) is 5.73 Å². The summed E-state index contributed by atoms with van der Waals surface area (Å²) in [5, 5.41) is 14.2. The first-order valence-electron chi connectivity index (χ1n) is 12.4. The second-order valence-electron chi connectivity index (χ2n) is 8.70. The van der Waals surface area contributed by atoms with Gasteiger partial charge in [0.15, 0.2) is 0 Å². The maximum Gasteiger partial charge on any atom is 0.336 e. The molecule has 10 heteroatoms. The highest BCUT2D eigenvalue weighted by atomic mass is 32.2. The zero-order valence-electron chi connectivity index (χ0n) is 22.0. The first-order valence-corrected chi connectivity index (χ1v) is 13.6. The summed E-state index contributed by atoms with van der Waals surface area (Å²) in [5.41, 5.74) is 9.85. The molecule has 0 spiro atoms. The number of thioether (sulfide) groups is 1. The fourth-order valence-electron chi connectivity index (χ4n) is 4.49. The number of nitrogens with one attached hydrogen (secondary N) is 1. The standard InChI is InChI=1S/C28H33N3O6S/c1-5-36-27(32)24-17(3)30-23(15-14-22(29)18-10-12-20(13-11-18)31(34)35)26(28(33)37-6-2)25(24)19-8-7-9-21(16-19)38-4/h7-13,16,22,25,30H,5-6,14-15,29H2,1-4H3. The molecule has 2 atom stereocenters. The lowest BCUT2D eigenvalue weighted by Gasteiger charge is -2.32. The Morgan fingerprint density at radius 1 is 1.08 bits per heavy atom. The SMILES string of the molecule is CCOC(=O)C1=C(C)NC(CCC(N)c2ccc([N+](=O)[O-])cc2)=C(C(=O)OCC)C1c1cccc(SC)c1. The number of carbonyl (C=O) groups is 2. The van der Waals surface area contributed by atoms with Crippen LogP contribution in [0, 0.1) is 10.1 Å². The van der Waals surface area contributed by atoms with E-state index >= 15 is 0 Å². The zero-order chi connectivity index (χ0) is 27.8. The van der Waals surface area contributed by atoms with Gasteiger partial charge in [-0.15, -0.1) is 11.8 Å². The number of non-ortho nitro benzene ring substituents is 1. The number of nitrogens with two attached hydrogens (primary N) is 1. The summed E-state index contributed by atoms with van der Waals surface area (Å²) in [6.45, 7) is 5.63. The van der Waals surface area contributed by atoms with Crippen LogP contribution in [-0.4, -0.2) is 36.3 Å². The molecule has 2 aromatic rings. The van der Waals surface area contributed by atoms with Crippen molar-refractivity contribution in [3.05, 3.63) is 92.3 Å². The Bertz CT molecular complexity index is 1260. The normalized spacial score (nSPS) is 16.1. The molecule has 1 aliphatic heterocycles. The van der Waals surface area contributed by atoms with E-state index in [1.54, 1.807) is 44.7 Å². The third kappa shape index (κ3) is 6.62. The Morgan fingerprint density at radius 2 is 1.71 bits per heavy atom. The minimum atomic E-state index is -0.688. The van der Waals surface area contributed by atoms with Crippen LogP contribution >= 0.6 is 11.8 Å². The molecular weight excluding hydrogens is 506 g/mol. The molecule has 3 N–H and O–H groups in total. The first-order chi connectivity index (χ1) is 18.2. The van der Waals surface area contributed by atoms with Gasteiger partial charge in [-0.3, -0.25) is 10.1 Å². The number of ether oxygens (including phenoxy) is 2. The third-order valence-electron chi connectivity index (χ3n) is 6.30. The summed E-state index contributed by atoms with van der Waals surface area (Å²) in [4.78, 5) is 38.1. The van der Waals surface area contributed by atoms with Crippen molar-refractivity contribution in [2.75, 3.05) is 19.5 Å². The lowest BCUT2D eigenvalue weighted by molar-refractivity contribution is -0.384. The van der Waals surface area contributed by atoms with Crippen LogP contribution in [0.15, 0.2) is 76.0 Å². The van der Waals surface area contributed by atoms with Crippen LogP contribution in [0.2, 0.25) is 0 Å². The number of nitrogens with zero attached hydrogens (tertiary/aromatic N) is 1. The van der Waals surface area contributed by atoms with Crippen LogP contribution in [0.5, 0.6) is 0 Å². The van der Waals surface area contributed by atoms with E-state index < -0.39 is 28.8 Å². The van der Waals surface area contributed by atoms with Gasteiger partial charge >= 0.3 is 11.9 Å². The lowest BCUT2D eigenvalue weighted by Crippen LogP contribution is -2.33. The summed E-state index contributed by atoms with van der Waals surface area (Å²) in [5.74, 6) is -1.71. The van der Waals surface area contributed by atoms with Gasteiger partial charge in [0.1, 0.15) is 0 Å². The van der Waals surface area contributed by atoms with Crippen molar-refractivity contribution in [3.8, 4) is 0 Å². The van der Waals surface area contributed by atoms with Crippen molar-refractivity contribution in [1.82, 2.24) is 5.32 Å². The number of dihydropyridines is 1. The Kier molecular flexibility index (Phi) is 10.1. The van der Waals surface area contributed by atoms with Gasteiger partial charge in [-0.25, -0.2) is 9.59 Å². The van der Waals surface area contributed by atoms with Gasteiger partial charge in [-0.05, 0) is 63.1 Å². The monoisotopic (exact) mass is 539 g/mol. The summed E-state index contributed by atoms with van der Waals surface area (Å²) >= 11 is 1.56. The summed E-state index contributed by atoms with van der Waals surface area (Å²) in [7, 11) is 0. The van der Waals surface area contributed by atoms with Crippen molar-refractivity contribution < 1.29 is 24.0 Å². The fourth-order valence-corrected chi connectivity index (χ4v) is 4.96. The molecule has 2 aromatic carbocycles. The summed E-state index contributed by atoms with van der Waals surface area (Å²) < 4.78 is 10.8. The fraction of sp³-hybridized carbons (Fsp3) is 0.357. The predicted molar refractivity (Wildman–Crippen MR) is 146 cm³/mol. The Labute approximate surface area is 226 Å². The van der Waals surface area contributed by atoms with E-state index in [1.807, 2.05) is 30.5 Å². The maximum absolute atomic E-state index is 13.4. The van der Waals surface area contributed by atoms with Crippen molar-refractivity contribution in [1.29, 1.82) is 0 Å². The topological polar surface area (TPSA) is 134 Å². The first kappa shape index (κ1) is 28.9. The van der Waals surface area contributed by atoms with Crippen LogP contribution in [0.4, 0.5) is 5.69 Å². The molecule has 202 valence electrons. The quantitative estimate of drug-likeness (QED) is 0.172. The molecule has 0 bridgehead atoms. The Morgan fingerprint density at radius 3 is 2.29 bits per heavy atom. The second kappa shape index (κ2) is 13.3. The molecule has 0 aromatic heterocycles. The van der Waals surface area contributed by atoms with E-state index in [1.165, 1.54) is 12.1 Å². The highest BCUT2D eigenvalue weighted by Crippen LogP contribution is 2.41. The molecule has 1 heterocycles. The van der Waals surface area contributed by atoms with Gasteiger partial charge in [0, 0.05) is 34.5 Å². The molecule has 0 saturated carbocycles. The molecule has 0 radical (unpaired) electrons. The second-order valence-corrected chi connectivity index (χ2v) is 9.58. The van der Waals surface area contributed by atoms with E-state index in [9.17, 15) is 19.7 Å². The molecule has 0 saturated heterocycles. The Balaban J connectivity index is 2.05. The van der Waals surface area contributed by atoms with Crippen molar-refractivity contribution >= 4 is 29.4 Å².